The standard InChI is InChI=1S/C25H26N2O3/c1-26(13-12-19-10-11-21-18-29-30-25(21)16-19)14-15-27-22-7-3-2-6-20(22)17-28-24-9-5-4-8-23(24)27/h2-11,16H,12-15,17-18H2,1H3. The van der Waals surface area contributed by atoms with Gasteiger partial charge >= 0.3 is 0 Å². The number of ether oxygens (including phenoxy) is 1. The van der Waals surface area contributed by atoms with Gasteiger partial charge in [-0.25, -0.2) is 0 Å². The van der Waals surface area contributed by atoms with Crippen molar-refractivity contribution < 1.29 is 14.5 Å². The Kier molecular flexibility index (Phi) is 5.30. The third kappa shape index (κ3) is 3.86. The Labute approximate surface area is 177 Å². The van der Waals surface area contributed by atoms with Crippen LogP contribution >= 0.6 is 0 Å². The highest BCUT2D eigenvalue weighted by atomic mass is 17.2. The zero-order valence-corrected chi connectivity index (χ0v) is 17.2. The second kappa shape index (κ2) is 8.38. The SMILES string of the molecule is CN(CCc1ccc2c(c1)OOC2)CCN1c2ccccc2COc2ccccc21. The molecule has 5 rings (SSSR count). The van der Waals surface area contributed by atoms with Gasteiger partial charge in [-0.1, -0.05) is 42.5 Å². The molecule has 0 radical (unpaired) electrons. The van der Waals surface area contributed by atoms with Crippen LogP contribution < -0.4 is 14.5 Å². The summed E-state index contributed by atoms with van der Waals surface area (Å²) in [5, 5.41) is 0. The van der Waals surface area contributed by atoms with E-state index in [1.807, 2.05) is 6.07 Å². The summed E-state index contributed by atoms with van der Waals surface area (Å²) in [6.45, 7) is 3.97. The van der Waals surface area contributed by atoms with E-state index in [4.69, 9.17) is 14.5 Å². The highest BCUT2D eigenvalue weighted by Crippen LogP contribution is 2.38. The van der Waals surface area contributed by atoms with Crippen molar-refractivity contribution in [2.45, 2.75) is 19.6 Å². The van der Waals surface area contributed by atoms with E-state index in [1.54, 1.807) is 0 Å². The molecular formula is C25H26N2O3. The Morgan fingerprint density at radius 3 is 2.60 bits per heavy atom. The van der Waals surface area contributed by atoms with Crippen molar-refractivity contribution in [3.8, 4) is 11.5 Å². The Bertz CT molecular complexity index is 989. The second-order valence-corrected chi connectivity index (χ2v) is 7.88. The lowest BCUT2D eigenvalue weighted by Gasteiger charge is -2.28. The topological polar surface area (TPSA) is 34.2 Å². The zero-order valence-electron chi connectivity index (χ0n) is 17.2. The van der Waals surface area contributed by atoms with Crippen LogP contribution in [0, 0.1) is 0 Å². The zero-order chi connectivity index (χ0) is 20.3. The Morgan fingerprint density at radius 2 is 1.67 bits per heavy atom. The van der Waals surface area contributed by atoms with Crippen LogP contribution in [0.3, 0.4) is 0 Å². The maximum Gasteiger partial charge on any atom is 0.171 e. The molecule has 2 aliphatic rings. The van der Waals surface area contributed by atoms with Crippen molar-refractivity contribution in [1.29, 1.82) is 0 Å². The Balaban J connectivity index is 1.26. The third-order valence-electron chi connectivity index (χ3n) is 5.80. The Hall–Kier alpha value is -3.02. The first-order valence-corrected chi connectivity index (χ1v) is 10.4. The molecule has 0 aliphatic carbocycles. The first kappa shape index (κ1) is 19.0. The fourth-order valence-electron chi connectivity index (χ4n) is 4.03. The highest BCUT2D eigenvalue weighted by molar-refractivity contribution is 5.72. The minimum atomic E-state index is 0.540. The van der Waals surface area contributed by atoms with E-state index in [0.717, 1.165) is 48.8 Å². The lowest BCUT2D eigenvalue weighted by atomic mass is 10.1. The molecule has 0 saturated carbocycles. The van der Waals surface area contributed by atoms with Gasteiger partial charge in [0.2, 0.25) is 0 Å². The van der Waals surface area contributed by atoms with Crippen molar-refractivity contribution in [3.63, 3.8) is 0 Å². The molecule has 5 nitrogen and oxygen atoms in total. The van der Waals surface area contributed by atoms with Crippen LogP contribution in [0.5, 0.6) is 11.5 Å². The molecule has 2 heterocycles. The minimum absolute atomic E-state index is 0.540. The van der Waals surface area contributed by atoms with Crippen molar-refractivity contribution in [2.24, 2.45) is 0 Å². The van der Waals surface area contributed by atoms with Gasteiger partial charge in [0, 0.05) is 36.4 Å². The molecule has 154 valence electrons. The van der Waals surface area contributed by atoms with E-state index in [0.29, 0.717) is 13.2 Å². The van der Waals surface area contributed by atoms with Crippen LogP contribution in [0.15, 0.2) is 66.7 Å². The summed E-state index contributed by atoms with van der Waals surface area (Å²) < 4.78 is 6.08. The van der Waals surface area contributed by atoms with E-state index in [2.05, 4.69) is 77.5 Å². The molecule has 0 unspecified atom stereocenters. The summed E-state index contributed by atoms with van der Waals surface area (Å²) in [7, 11) is 2.18. The van der Waals surface area contributed by atoms with Crippen LogP contribution in [0.1, 0.15) is 16.7 Å². The van der Waals surface area contributed by atoms with Crippen molar-refractivity contribution >= 4 is 11.4 Å². The van der Waals surface area contributed by atoms with Crippen LogP contribution in [-0.2, 0) is 24.5 Å². The molecule has 0 amide bonds. The average molecular weight is 402 g/mol. The van der Waals surface area contributed by atoms with E-state index in [9.17, 15) is 0 Å². The van der Waals surface area contributed by atoms with E-state index >= 15 is 0 Å². The molecular weight excluding hydrogens is 376 g/mol. The number of likely N-dealkylation sites (N-methyl/N-ethyl adjacent to an activating group) is 1. The monoisotopic (exact) mass is 402 g/mol. The normalized spacial score (nSPS) is 14.4. The van der Waals surface area contributed by atoms with Gasteiger partial charge in [0.15, 0.2) is 5.75 Å². The molecule has 2 aliphatic heterocycles. The van der Waals surface area contributed by atoms with Crippen LogP contribution in [0.4, 0.5) is 11.4 Å². The predicted octanol–water partition coefficient (Wildman–Crippen LogP) is 4.72. The maximum absolute atomic E-state index is 6.08. The number of anilines is 2. The third-order valence-corrected chi connectivity index (χ3v) is 5.80. The fourth-order valence-corrected chi connectivity index (χ4v) is 4.03. The number of benzene rings is 3. The van der Waals surface area contributed by atoms with E-state index in [1.165, 1.54) is 16.8 Å². The number of hydrogen-bond donors (Lipinski definition) is 0. The van der Waals surface area contributed by atoms with Crippen molar-refractivity contribution in [1.82, 2.24) is 4.90 Å². The van der Waals surface area contributed by atoms with Gasteiger partial charge in [-0.2, -0.15) is 4.89 Å². The summed E-state index contributed by atoms with van der Waals surface area (Å²) in [4.78, 5) is 15.0. The Morgan fingerprint density at radius 1 is 0.833 bits per heavy atom. The lowest BCUT2D eigenvalue weighted by Crippen LogP contribution is -2.32. The maximum atomic E-state index is 6.08. The first-order chi connectivity index (χ1) is 14.8. The second-order valence-electron chi connectivity index (χ2n) is 7.88. The van der Waals surface area contributed by atoms with Gasteiger partial charge in [-0.05, 0) is 43.3 Å². The van der Waals surface area contributed by atoms with Crippen molar-refractivity contribution in [2.75, 3.05) is 31.6 Å². The van der Waals surface area contributed by atoms with Crippen LogP contribution in [0.25, 0.3) is 0 Å². The average Bonchev–Trinajstić information content (AvgIpc) is 3.19. The van der Waals surface area contributed by atoms with Gasteiger partial charge < -0.3 is 19.4 Å². The summed E-state index contributed by atoms with van der Waals surface area (Å²) in [5.74, 6) is 1.80. The lowest BCUT2D eigenvalue weighted by molar-refractivity contribution is -0.194. The molecule has 0 spiro atoms. The van der Waals surface area contributed by atoms with Gasteiger partial charge in [0.1, 0.15) is 19.0 Å². The summed E-state index contributed by atoms with van der Waals surface area (Å²) in [6.07, 6.45) is 0.976. The number of nitrogens with zero attached hydrogens (tertiary/aromatic N) is 2. The van der Waals surface area contributed by atoms with Gasteiger partial charge in [-0.15, -0.1) is 0 Å². The number of fused-ring (bicyclic) bond motifs is 3. The van der Waals surface area contributed by atoms with E-state index < -0.39 is 0 Å². The van der Waals surface area contributed by atoms with Gasteiger partial charge in [-0.3, -0.25) is 0 Å². The molecule has 0 atom stereocenters. The van der Waals surface area contributed by atoms with Gasteiger partial charge in [0.25, 0.3) is 0 Å². The minimum Gasteiger partial charge on any atom is -0.487 e. The number of hydrogen-bond acceptors (Lipinski definition) is 5. The molecule has 0 N–H and O–H groups in total. The molecule has 30 heavy (non-hydrogen) atoms. The summed E-state index contributed by atoms with van der Waals surface area (Å²) in [5.41, 5.74) is 5.97. The molecule has 0 aromatic heterocycles. The summed E-state index contributed by atoms with van der Waals surface area (Å²) >= 11 is 0. The van der Waals surface area contributed by atoms with Crippen molar-refractivity contribution in [3.05, 3.63) is 83.4 Å². The molecule has 3 aromatic carbocycles. The molecule has 0 bridgehead atoms. The predicted molar refractivity (Wildman–Crippen MR) is 117 cm³/mol. The smallest absolute Gasteiger partial charge is 0.171 e. The number of para-hydroxylation sites is 3. The van der Waals surface area contributed by atoms with Gasteiger partial charge in [0.05, 0.1) is 5.69 Å². The van der Waals surface area contributed by atoms with Crippen LogP contribution in [0.2, 0.25) is 0 Å². The molecule has 0 saturated heterocycles. The number of rotatable bonds is 6. The van der Waals surface area contributed by atoms with E-state index in [-0.39, 0.29) is 0 Å². The quantitative estimate of drug-likeness (QED) is 0.558. The first-order valence-electron chi connectivity index (χ1n) is 10.4. The summed E-state index contributed by atoms with van der Waals surface area (Å²) in [6, 6.07) is 23.2. The molecule has 5 heteroatoms. The fraction of sp³-hybridized carbons (Fsp3) is 0.280. The molecule has 3 aromatic rings. The largest absolute Gasteiger partial charge is 0.487 e. The highest BCUT2D eigenvalue weighted by Gasteiger charge is 2.21. The van der Waals surface area contributed by atoms with Crippen LogP contribution in [-0.4, -0.2) is 31.6 Å². The molecule has 0 fully saturated rings.